The maximum absolute atomic E-state index is 14.1. The second kappa shape index (κ2) is 7.24. The first-order valence-corrected chi connectivity index (χ1v) is 10.6. The number of benzene rings is 2. The van der Waals surface area contributed by atoms with Gasteiger partial charge in [-0.15, -0.1) is 0 Å². The van der Waals surface area contributed by atoms with Crippen molar-refractivity contribution in [3.63, 3.8) is 0 Å². The summed E-state index contributed by atoms with van der Waals surface area (Å²) in [5.74, 6) is -1.40. The van der Waals surface area contributed by atoms with E-state index in [4.69, 9.17) is 11.6 Å². The SMILES string of the molecule is Cc1ccc(S(=O)(=O)C2(C(=O)Nc3ccc(Cl)cc3F)CCCC2)cc1C. The Morgan fingerprint density at radius 2 is 1.74 bits per heavy atom. The van der Waals surface area contributed by atoms with Crippen LogP contribution in [0.3, 0.4) is 0 Å². The average Bonchev–Trinajstić information content (AvgIpc) is 3.11. The van der Waals surface area contributed by atoms with Gasteiger partial charge in [-0.1, -0.05) is 30.5 Å². The number of carbonyl (C=O) groups is 1. The predicted molar refractivity (Wildman–Crippen MR) is 104 cm³/mol. The summed E-state index contributed by atoms with van der Waals surface area (Å²) in [5, 5.41) is 2.67. The fraction of sp³-hybridized carbons (Fsp3) is 0.350. The molecule has 1 saturated carbocycles. The highest BCUT2D eigenvalue weighted by molar-refractivity contribution is 7.93. The summed E-state index contributed by atoms with van der Waals surface area (Å²) in [7, 11) is -3.94. The molecule has 1 N–H and O–H groups in total. The topological polar surface area (TPSA) is 63.2 Å². The third kappa shape index (κ3) is 3.48. The molecule has 0 radical (unpaired) electrons. The Balaban J connectivity index is 2.02. The number of hydrogen-bond donors (Lipinski definition) is 1. The Hall–Kier alpha value is -1.92. The lowest BCUT2D eigenvalue weighted by molar-refractivity contribution is -0.118. The zero-order valence-corrected chi connectivity index (χ0v) is 16.8. The minimum Gasteiger partial charge on any atom is -0.322 e. The maximum Gasteiger partial charge on any atom is 0.246 e. The molecule has 0 aromatic heterocycles. The van der Waals surface area contributed by atoms with Gasteiger partial charge in [0.1, 0.15) is 5.82 Å². The second-order valence-electron chi connectivity index (χ2n) is 7.03. The molecule has 2 aromatic rings. The molecule has 27 heavy (non-hydrogen) atoms. The lowest BCUT2D eigenvalue weighted by atomic mass is 10.1. The van der Waals surface area contributed by atoms with E-state index in [1.165, 1.54) is 18.2 Å². The Kier molecular flexibility index (Phi) is 5.32. The van der Waals surface area contributed by atoms with Crippen LogP contribution in [-0.2, 0) is 14.6 Å². The second-order valence-corrected chi connectivity index (χ2v) is 9.73. The van der Waals surface area contributed by atoms with Gasteiger partial charge in [-0.2, -0.15) is 0 Å². The fourth-order valence-corrected chi connectivity index (χ4v) is 5.81. The van der Waals surface area contributed by atoms with E-state index in [0.29, 0.717) is 12.8 Å². The highest BCUT2D eigenvalue weighted by Crippen LogP contribution is 2.42. The van der Waals surface area contributed by atoms with Crippen LogP contribution in [-0.4, -0.2) is 19.1 Å². The third-order valence-corrected chi connectivity index (χ3v) is 8.04. The summed E-state index contributed by atoms with van der Waals surface area (Å²) in [6, 6.07) is 8.73. The zero-order chi connectivity index (χ0) is 19.8. The van der Waals surface area contributed by atoms with Crippen LogP contribution in [0.15, 0.2) is 41.3 Å². The number of anilines is 1. The van der Waals surface area contributed by atoms with Gasteiger partial charge >= 0.3 is 0 Å². The van der Waals surface area contributed by atoms with Crippen molar-refractivity contribution in [2.24, 2.45) is 0 Å². The molecule has 1 fully saturated rings. The molecule has 1 amide bonds. The smallest absolute Gasteiger partial charge is 0.246 e. The van der Waals surface area contributed by atoms with E-state index in [-0.39, 0.29) is 28.4 Å². The van der Waals surface area contributed by atoms with Crippen LogP contribution >= 0.6 is 11.6 Å². The van der Waals surface area contributed by atoms with Gasteiger partial charge in [0.25, 0.3) is 0 Å². The van der Waals surface area contributed by atoms with Gasteiger partial charge in [-0.25, -0.2) is 12.8 Å². The van der Waals surface area contributed by atoms with E-state index in [2.05, 4.69) is 5.32 Å². The number of halogens is 2. The molecule has 4 nitrogen and oxygen atoms in total. The number of hydrogen-bond acceptors (Lipinski definition) is 3. The Bertz CT molecular complexity index is 998. The van der Waals surface area contributed by atoms with Crippen molar-refractivity contribution >= 4 is 33.0 Å². The number of sulfone groups is 1. The summed E-state index contributed by atoms with van der Waals surface area (Å²) in [6.07, 6.45) is 1.67. The van der Waals surface area contributed by atoms with Crippen LogP contribution in [0, 0.1) is 19.7 Å². The summed E-state index contributed by atoms with van der Waals surface area (Å²) in [4.78, 5) is 13.2. The van der Waals surface area contributed by atoms with Gasteiger partial charge in [0.05, 0.1) is 10.6 Å². The molecule has 7 heteroatoms. The van der Waals surface area contributed by atoms with Crippen molar-refractivity contribution in [3.05, 3.63) is 58.4 Å². The lowest BCUT2D eigenvalue weighted by Gasteiger charge is -2.28. The average molecular weight is 410 g/mol. The standard InChI is InChI=1S/C20H21ClFNO3S/c1-13-5-7-16(11-14(13)2)27(25,26)20(9-3-4-10-20)19(24)23-18-8-6-15(21)12-17(18)22/h5-8,11-12H,3-4,9-10H2,1-2H3,(H,23,24). The summed E-state index contributed by atoms with van der Waals surface area (Å²) < 4.78 is 39.3. The normalized spacial score (nSPS) is 16.3. The molecule has 1 aliphatic rings. The Morgan fingerprint density at radius 3 is 2.33 bits per heavy atom. The summed E-state index contributed by atoms with van der Waals surface area (Å²) in [6.45, 7) is 3.73. The van der Waals surface area contributed by atoms with Crippen LogP contribution in [0.5, 0.6) is 0 Å². The largest absolute Gasteiger partial charge is 0.322 e. The molecule has 0 atom stereocenters. The molecular weight excluding hydrogens is 389 g/mol. The lowest BCUT2D eigenvalue weighted by Crippen LogP contribution is -2.47. The third-order valence-electron chi connectivity index (χ3n) is 5.31. The molecule has 0 spiro atoms. The molecule has 0 saturated heterocycles. The molecule has 144 valence electrons. The first-order chi connectivity index (χ1) is 12.7. The van der Waals surface area contributed by atoms with Crippen molar-refractivity contribution in [2.45, 2.75) is 49.2 Å². The molecule has 0 aliphatic heterocycles. The van der Waals surface area contributed by atoms with Crippen molar-refractivity contribution in [2.75, 3.05) is 5.32 Å². The van der Waals surface area contributed by atoms with E-state index in [0.717, 1.165) is 17.2 Å². The van der Waals surface area contributed by atoms with E-state index in [1.54, 1.807) is 12.1 Å². The van der Waals surface area contributed by atoms with E-state index in [9.17, 15) is 17.6 Å². The Morgan fingerprint density at radius 1 is 1.07 bits per heavy atom. The molecule has 2 aromatic carbocycles. The van der Waals surface area contributed by atoms with Crippen molar-refractivity contribution < 1.29 is 17.6 Å². The molecule has 0 heterocycles. The van der Waals surface area contributed by atoms with Gasteiger partial charge < -0.3 is 5.32 Å². The van der Waals surface area contributed by atoms with Crippen molar-refractivity contribution in [1.82, 2.24) is 0 Å². The molecule has 1 aliphatic carbocycles. The Labute approximate surface area is 163 Å². The van der Waals surface area contributed by atoms with Crippen molar-refractivity contribution in [1.29, 1.82) is 0 Å². The quantitative estimate of drug-likeness (QED) is 0.787. The minimum atomic E-state index is -3.94. The fourth-order valence-electron chi connectivity index (χ4n) is 3.50. The van der Waals surface area contributed by atoms with E-state index >= 15 is 0 Å². The van der Waals surface area contributed by atoms with Gasteiger partial charge in [0.2, 0.25) is 5.91 Å². The van der Waals surface area contributed by atoms with E-state index in [1.807, 2.05) is 13.8 Å². The predicted octanol–water partition coefficient (Wildman–Crippen LogP) is 4.82. The van der Waals surface area contributed by atoms with Crippen LogP contribution in [0.1, 0.15) is 36.8 Å². The molecule has 0 bridgehead atoms. The monoisotopic (exact) mass is 409 g/mol. The van der Waals surface area contributed by atoms with Gasteiger partial charge in [-0.3, -0.25) is 4.79 Å². The number of aryl methyl sites for hydroxylation is 2. The van der Waals surface area contributed by atoms with Crippen LogP contribution in [0.25, 0.3) is 0 Å². The maximum atomic E-state index is 14.1. The van der Waals surface area contributed by atoms with E-state index < -0.39 is 26.3 Å². The number of nitrogens with one attached hydrogen (secondary N) is 1. The van der Waals surface area contributed by atoms with Crippen molar-refractivity contribution in [3.8, 4) is 0 Å². The minimum absolute atomic E-state index is 0.0778. The molecular formula is C20H21ClFNO3S. The first-order valence-electron chi connectivity index (χ1n) is 8.76. The highest BCUT2D eigenvalue weighted by Gasteiger charge is 2.53. The highest BCUT2D eigenvalue weighted by atomic mass is 35.5. The number of amides is 1. The first kappa shape index (κ1) is 19.8. The van der Waals surface area contributed by atoms with Crippen LogP contribution < -0.4 is 5.32 Å². The number of rotatable bonds is 4. The molecule has 3 rings (SSSR count). The number of carbonyl (C=O) groups excluding carboxylic acids is 1. The van der Waals surface area contributed by atoms with Gasteiger partial charge in [0.15, 0.2) is 14.6 Å². The molecule has 0 unspecified atom stereocenters. The van der Waals surface area contributed by atoms with Gasteiger partial charge in [-0.05, 0) is 68.1 Å². The van der Waals surface area contributed by atoms with Gasteiger partial charge in [0, 0.05) is 5.02 Å². The van der Waals surface area contributed by atoms with Crippen LogP contribution in [0.2, 0.25) is 5.02 Å². The summed E-state index contributed by atoms with van der Waals surface area (Å²) >= 11 is 5.74. The zero-order valence-electron chi connectivity index (χ0n) is 15.2. The van der Waals surface area contributed by atoms with Crippen LogP contribution in [0.4, 0.5) is 10.1 Å². The summed E-state index contributed by atoms with van der Waals surface area (Å²) in [5.41, 5.74) is 1.74.